The third-order valence-corrected chi connectivity index (χ3v) is 15.3. The molecule has 2 aliphatic heterocycles. The van der Waals surface area contributed by atoms with Gasteiger partial charge in [-0.05, 0) is 110 Å². The molecule has 16 nitrogen and oxygen atoms in total. The van der Waals surface area contributed by atoms with Crippen molar-refractivity contribution >= 4 is 55.2 Å². The highest BCUT2D eigenvalue weighted by molar-refractivity contribution is 7.92. The van der Waals surface area contributed by atoms with Crippen molar-refractivity contribution in [1.29, 1.82) is 0 Å². The van der Waals surface area contributed by atoms with E-state index in [0.29, 0.717) is 88.8 Å². The number of rotatable bonds is 18. The number of Topliss-reactive ketones (excluding diaryl/α,β-unsaturated/α-hetero) is 1. The molecule has 72 heavy (non-hydrogen) atoms. The van der Waals surface area contributed by atoms with E-state index < -0.39 is 48.6 Å². The summed E-state index contributed by atoms with van der Waals surface area (Å²) in [4.78, 5) is 51.2. The van der Waals surface area contributed by atoms with Crippen LogP contribution in [0.1, 0.15) is 73.0 Å². The molecule has 0 saturated carbocycles. The number of aryl methyl sites for hydroxylation is 1. The Labute approximate surface area is 416 Å². The lowest BCUT2D eigenvalue weighted by Crippen LogP contribution is -2.47. The Kier molecular flexibility index (Phi) is 15.7. The number of ketones is 1. The van der Waals surface area contributed by atoms with Crippen LogP contribution < -0.4 is 15.0 Å². The Hall–Kier alpha value is -6.35. The van der Waals surface area contributed by atoms with Gasteiger partial charge in [0, 0.05) is 88.9 Å². The number of nitrogens with one attached hydrogen (secondary N) is 2. The fraction of sp³-hybridized carbons (Fsp3) is 0.442. The van der Waals surface area contributed by atoms with E-state index in [1.54, 1.807) is 42.3 Å². The number of pyridine rings is 1. The molecule has 2 aromatic heterocycles. The van der Waals surface area contributed by atoms with Crippen LogP contribution in [0.2, 0.25) is 0 Å². The van der Waals surface area contributed by atoms with Crippen molar-refractivity contribution in [2.75, 3.05) is 88.7 Å². The number of morpholine rings is 1. The number of hydrogen-bond acceptors (Lipinski definition) is 13. The number of halogens is 3. The molecule has 1 amide bonds. The van der Waals surface area contributed by atoms with Gasteiger partial charge in [0.15, 0.2) is 15.6 Å². The molecule has 384 valence electrons. The first-order valence-electron chi connectivity index (χ1n) is 24.0. The summed E-state index contributed by atoms with van der Waals surface area (Å²) in [5.41, 5.74) is 4.16. The second-order valence-electron chi connectivity index (χ2n) is 19.5. The van der Waals surface area contributed by atoms with E-state index in [1.165, 1.54) is 49.2 Å². The number of allylic oxidation sites excluding steroid dienone is 1. The maximum atomic E-state index is 14.1. The highest BCUT2D eigenvalue weighted by Gasteiger charge is 2.34. The second kappa shape index (κ2) is 21.8. The first-order chi connectivity index (χ1) is 34.3. The molecule has 3 aromatic carbocycles. The number of nitro groups is 1. The lowest BCUT2D eigenvalue weighted by Gasteiger charge is -2.39. The number of aromatic amines is 1. The molecule has 1 atom stereocenters. The number of hydrogen-bond donors (Lipinski definition) is 2. The third-order valence-electron chi connectivity index (χ3n) is 13.7. The fourth-order valence-electron chi connectivity index (χ4n) is 9.76. The standard InChI is InChI=1S/C52H60F3N7O9S/c1-34-24-37(52(53,54)55)7-10-42(34)44-28-51(2,3)15-13-36(44)30-59-18-20-60(21-19-59)38-8-11-43(48(26-38)71-40-25-35-14-17-57-50(35)58-29-40)47(63)33-72(67,68)41-9-12-45(46(27-41)62(65)66)56-16-5-6-39-31-61(22-23-70-39)49(64)32-69-4/h7-12,14,17,24-27,29,39,56H,5-6,13,15-16,18-23,28,30-33H2,1-4H3,(H,57,58). The molecule has 1 unspecified atom stereocenters. The monoisotopic (exact) mass is 1020 g/mol. The van der Waals surface area contributed by atoms with Crippen molar-refractivity contribution in [2.45, 2.75) is 70.1 Å². The van der Waals surface area contributed by atoms with Gasteiger partial charge in [-0.1, -0.05) is 25.5 Å². The number of benzene rings is 3. The minimum absolute atomic E-state index is 0.00385. The van der Waals surface area contributed by atoms with Crippen LogP contribution in [0.3, 0.4) is 0 Å². The molecule has 2 saturated heterocycles. The smallest absolute Gasteiger partial charge is 0.416 e. The number of sulfone groups is 1. The van der Waals surface area contributed by atoms with Gasteiger partial charge < -0.3 is 34.3 Å². The number of aromatic nitrogens is 2. The van der Waals surface area contributed by atoms with Gasteiger partial charge in [0.25, 0.3) is 5.69 Å². The minimum atomic E-state index is -4.42. The van der Waals surface area contributed by atoms with E-state index >= 15 is 0 Å². The molecule has 1 aliphatic carbocycles. The first kappa shape index (κ1) is 52.0. The molecule has 0 radical (unpaired) electrons. The highest BCUT2D eigenvalue weighted by atomic mass is 32.2. The van der Waals surface area contributed by atoms with Crippen LogP contribution in [-0.4, -0.2) is 129 Å². The molecular formula is C52H60F3N7O9S. The number of piperazine rings is 1. The Morgan fingerprint density at radius 3 is 2.56 bits per heavy atom. The zero-order valence-electron chi connectivity index (χ0n) is 40.8. The van der Waals surface area contributed by atoms with Gasteiger partial charge in [-0.25, -0.2) is 13.4 Å². The molecule has 0 bridgehead atoms. The Morgan fingerprint density at radius 2 is 1.82 bits per heavy atom. The van der Waals surface area contributed by atoms with Crippen LogP contribution in [0.4, 0.5) is 30.2 Å². The zero-order valence-corrected chi connectivity index (χ0v) is 41.7. The van der Waals surface area contributed by atoms with Gasteiger partial charge in [-0.2, -0.15) is 13.2 Å². The summed E-state index contributed by atoms with van der Waals surface area (Å²) in [5, 5.41) is 16.0. The molecule has 8 rings (SSSR count). The van der Waals surface area contributed by atoms with Crippen molar-refractivity contribution in [3.63, 3.8) is 0 Å². The van der Waals surface area contributed by atoms with E-state index in [1.807, 2.05) is 6.07 Å². The quantitative estimate of drug-likeness (QED) is 0.0366. The highest BCUT2D eigenvalue weighted by Crippen LogP contribution is 2.45. The summed E-state index contributed by atoms with van der Waals surface area (Å²) in [5.74, 6) is -1.48. The van der Waals surface area contributed by atoms with Crippen LogP contribution in [0.15, 0.2) is 89.6 Å². The van der Waals surface area contributed by atoms with Gasteiger partial charge in [-0.15, -0.1) is 0 Å². The van der Waals surface area contributed by atoms with Crippen molar-refractivity contribution in [2.24, 2.45) is 5.41 Å². The number of fused-ring (bicyclic) bond motifs is 1. The molecule has 2 N–H and O–H groups in total. The topological polar surface area (TPSA) is 190 Å². The van der Waals surface area contributed by atoms with Gasteiger partial charge >= 0.3 is 6.18 Å². The number of anilines is 2. The number of methoxy groups -OCH3 is 1. The number of ether oxygens (including phenoxy) is 3. The molecular weight excluding hydrogens is 956 g/mol. The number of amides is 1. The van der Waals surface area contributed by atoms with E-state index in [9.17, 15) is 41.3 Å². The molecule has 3 aliphatic rings. The number of carbonyl (C=O) groups is 2. The maximum absolute atomic E-state index is 14.1. The van der Waals surface area contributed by atoms with Crippen LogP contribution >= 0.6 is 0 Å². The van der Waals surface area contributed by atoms with Crippen LogP contribution in [0.25, 0.3) is 16.6 Å². The Morgan fingerprint density at radius 1 is 1.03 bits per heavy atom. The van der Waals surface area contributed by atoms with Crippen LogP contribution in [-0.2, 0) is 30.3 Å². The average Bonchev–Trinajstić information content (AvgIpc) is 3.81. The lowest BCUT2D eigenvalue weighted by molar-refractivity contribution is -0.384. The second-order valence-corrected chi connectivity index (χ2v) is 21.5. The normalized spacial score (nSPS) is 17.8. The van der Waals surface area contributed by atoms with Crippen molar-refractivity contribution in [1.82, 2.24) is 19.8 Å². The van der Waals surface area contributed by atoms with Gasteiger partial charge in [0.1, 0.15) is 35.2 Å². The minimum Gasteiger partial charge on any atom is -0.455 e. The predicted molar refractivity (Wildman–Crippen MR) is 267 cm³/mol. The van der Waals surface area contributed by atoms with E-state index in [0.717, 1.165) is 47.5 Å². The third kappa shape index (κ3) is 12.5. The van der Waals surface area contributed by atoms with Crippen molar-refractivity contribution in [3.05, 3.63) is 117 Å². The zero-order chi connectivity index (χ0) is 51.4. The number of carbonyl (C=O) groups excluding carboxylic acids is 2. The van der Waals surface area contributed by atoms with Gasteiger partial charge in [-0.3, -0.25) is 24.6 Å². The first-order valence-corrected chi connectivity index (χ1v) is 25.7. The van der Waals surface area contributed by atoms with Crippen LogP contribution in [0.5, 0.6) is 11.5 Å². The van der Waals surface area contributed by atoms with E-state index in [-0.39, 0.29) is 41.0 Å². The summed E-state index contributed by atoms with van der Waals surface area (Å²) in [6.45, 7) is 11.0. The van der Waals surface area contributed by atoms with Gasteiger partial charge in [0.05, 0.1) is 39.9 Å². The fourth-order valence-corrected chi connectivity index (χ4v) is 11.0. The summed E-state index contributed by atoms with van der Waals surface area (Å²) in [6.07, 6.45) is 2.29. The Bertz CT molecular complexity index is 2970. The van der Waals surface area contributed by atoms with Crippen molar-refractivity contribution in [3.8, 4) is 11.5 Å². The van der Waals surface area contributed by atoms with E-state index in [2.05, 4.69) is 38.9 Å². The average molecular weight is 1020 g/mol. The van der Waals surface area contributed by atoms with Crippen molar-refractivity contribution < 1.29 is 50.3 Å². The predicted octanol–water partition coefficient (Wildman–Crippen LogP) is 9.10. The van der Waals surface area contributed by atoms with Gasteiger partial charge in [0.2, 0.25) is 5.91 Å². The lowest BCUT2D eigenvalue weighted by atomic mass is 9.72. The van der Waals surface area contributed by atoms with E-state index in [4.69, 9.17) is 14.2 Å². The summed E-state index contributed by atoms with van der Waals surface area (Å²) in [7, 11) is -2.95. The SMILES string of the molecule is COCC(=O)N1CCOC(CCCNc2ccc(S(=O)(=O)CC(=O)c3ccc(N4CCN(CC5=C(c6ccc(C(F)(F)F)cc6C)CC(C)(C)CC5)CC4)cc3Oc3cnc4[nH]ccc4c3)cc2[N+](=O)[O-])C1. The molecule has 0 spiro atoms. The maximum Gasteiger partial charge on any atom is 0.416 e. The number of nitro benzene ring substituents is 1. The number of alkyl halides is 3. The van der Waals surface area contributed by atoms with Crippen LogP contribution in [0, 0.1) is 22.5 Å². The summed E-state index contributed by atoms with van der Waals surface area (Å²) in [6, 6.07) is 16.1. The molecule has 20 heteroatoms. The molecule has 5 aromatic rings. The summed E-state index contributed by atoms with van der Waals surface area (Å²) >= 11 is 0. The number of H-pyrrole nitrogens is 1. The summed E-state index contributed by atoms with van der Waals surface area (Å²) < 4.78 is 85.6. The molecule has 2 fully saturated rings. The largest absolute Gasteiger partial charge is 0.455 e. The number of nitrogens with zero attached hydrogens (tertiary/aromatic N) is 5. The Balaban J connectivity index is 0.959. The molecule has 4 heterocycles.